The van der Waals surface area contributed by atoms with E-state index in [-0.39, 0.29) is 0 Å². The molecule has 0 saturated heterocycles. The summed E-state index contributed by atoms with van der Waals surface area (Å²) in [4.78, 5) is 10.8. The van der Waals surface area contributed by atoms with E-state index in [0.29, 0.717) is 5.56 Å². The molecule has 0 fully saturated rings. The van der Waals surface area contributed by atoms with Gasteiger partial charge in [0.1, 0.15) is 12.0 Å². The predicted octanol–water partition coefficient (Wildman–Crippen LogP) is 3.10. The van der Waals surface area contributed by atoms with Crippen molar-refractivity contribution in [1.82, 2.24) is 0 Å². The molecule has 0 N–H and O–H groups in total. The quantitative estimate of drug-likeness (QED) is 0.733. The van der Waals surface area contributed by atoms with E-state index in [1.807, 2.05) is 36.4 Å². The number of ether oxygens (including phenoxy) is 1. The summed E-state index contributed by atoms with van der Waals surface area (Å²) in [6.07, 6.45) is 1.84. The molecule has 1 heterocycles. The molecule has 0 bridgehead atoms. The maximum atomic E-state index is 10.8. The van der Waals surface area contributed by atoms with Gasteiger partial charge in [-0.25, -0.2) is 0 Å². The van der Waals surface area contributed by atoms with Gasteiger partial charge in [0.15, 0.2) is 0 Å². The van der Waals surface area contributed by atoms with Crippen LogP contribution in [0.3, 0.4) is 0 Å². The zero-order valence-electron chi connectivity index (χ0n) is 9.35. The SMILES string of the molecule is O=Cc1cccc(-c2ccc3c(c2)CCO3)c1. The standard InChI is InChI=1S/C15H12O2/c16-10-11-2-1-3-12(8-11)13-4-5-15-14(9-13)6-7-17-15/h1-5,8-10H,6-7H2. The fraction of sp³-hybridized carbons (Fsp3) is 0.133. The summed E-state index contributed by atoms with van der Waals surface area (Å²) < 4.78 is 5.48. The van der Waals surface area contributed by atoms with E-state index in [4.69, 9.17) is 4.74 Å². The van der Waals surface area contributed by atoms with Crippen molar-refractivity contribution in [2.75, 3.05) is 6.61 Å². The summed E-state index contributed by atoms with van der Waals surface area (Å²) in [6.45, 7) is 0.771. The van der Waals surface area contributed by atoms with Crippen molar-refractivity contribution in [3.8, 4) is 16.9 Å². The van der Waals surface area contributed by atoms with Crippen LogP contribution in [-0.4, -0.2) is 12.9 Å². The Balaban J connectivity index is 2.06. The van der Waals surface area contributed by atoms with Crippen LogP contribution < -0.4 is 4.74 Å². The van der Waals surface area contributed by atoms with E-state index >= 15 is 0 Å². The van der Waals surface area contributed by atoms with Gasteiger partial charge in [-0.05, 0) is 34.9 Å². The summed E-state index contributed by atoms with van der Waals surface area (Å²) in [5, 5.41) is 0. The van der Waals surface area contributed by atoms with E-state index in [1.54, 1.807) is 0 Å². The van der Waals surface area contributed by atoms with Gasteiger partial charge < -0.3 is 4.74 Å². The van der Waals surface area contributed by atoms with E-state index in [0.717, 1.165) is 36.2 Å². The number of hydrogen-bond acceptors (Lipinski definition) is 2. The van der Waals surface area contributed by atoms with Gasteiger partial charge in [-0.2, -0.15) is 0 Å². The van der Waals surface area contributed by atoms with Gasteiger partial charge in [0.05, 0.1) is 6.61 Å². The fourth-order valence-corrected chi connectivity index (χ4v) is 2.16. The Bertz CT molecular complexity index is 573. The molecule has 0 aromatic heterocycles. The second kappa shape index (κ2) is 4.06. The van der Waals surface area contributed by atoms with Crippen LogP contribution >= 0.6 is 0 Å². The lowest BCUT2D eigenvalue weighted by Gasteiger charge is -2.05. The Morgan fingerprint density at radius 3 is 2.82 bits per heavy atom. The Morgan fingerprint density at radius 1 is 1.06 bits per heavy atom. The first-order chi connectivity index (χ1) is 8.36. The molecule has 1 aliphatic heterocycles. The van der Waals surface area contributed by atoms with Crippen molar-refractivity contribution >= 4 is 6.29 Å². The molecule has 2 heteroatoms. The predicted molar refractivity (Wildman–Crippen MR) is 66.5 cm³/mol. The van der Waals surface area contributed by atoms with Crippen LogP contribution in [0.5, 0.6) is 5.75 Å². The number of rotatable bonds is 2. The van der Waals surface area contributed by atoms with Gasteiger partial charge >= 0.3 is 0 Å². The number of benzene rings is 2. The highest BCUT2D eigenvalue weighted by molar-refractivity contribution is 5.79. The molecule has 0 radical (unpaired) electrons. The third-order valence-electron chi connectivity index (χ3n) is 3.05. The number of fused-ring (bicyclic) bond motifs is 1. The first-order valence-corrected chi connectivity index (χ1v) is 5.68. The smallest absolute Gasteiger partial charge is 0.150 e. The molecule has 17 heavy (non-hydrogen) atoms. The van der Waals surface area contributed by atoms with E-state index < -0.39 is 0 Å². The first-order valence-electron chi connectivity index (χ1n) is 5.68. The molecule has 2 aromatic rings. The molecule has 0 spiro atoms. The maximum absolute atomic E-state index is 10.8. The van der Waals surface area contributed by atoms with Gasteiger partial charge in [-0.3, -0.25) is 4.79 Å². The van der Waals surface area contributed by atoms with Gasteiger partial charge in [0, 0.05) is 12.0 Å². The first kappa shape index (κ1) is 10.1. The van der Waals surface area contributed by atoms with Crippen LogP contribution in [0.25, 0.3) is 11.1 Å². The van der Waals surface area contributed by atoms with Crippen molar-refractivity contribution < 1.29 is 9.53 Å². The van der Waals surface area contributed by atoms with Gasteiger partial charge in [0.25, 0.3) is 0 Å². The Kier molecular flexibility index (Phi) is 2.41. The van der Waals surface area contributed by atoms with Gasteiger partial charge in [-0.15, -0.1) is 0 Å². The minimum atomic E-state index is 0.708. The molecule has 84 valence electrons. The molecule has 0 amide bonds. The lowest BCUT2D eigenvalue weighted by atomic mass is 10.0. The summed E-state index contributed by atoms with van der Waals surface area (Å²) in [7, 11) is 0. The van der Waals surface area contributed by atoms with Crippen molar-refractivity contribution in [1.29, 1.82) is 0 Å². The molecule has 0 aliphatic carbocycles. The average molecular weight is 224 g/mol. The zero-order chi connectivity index (χ0) is 11.7. The van der Waals surface area contributed by atoms with Crippen molar-refractivity contribution in [2.45, 2.75) is 6.42 Å². The monoisotopic (exact) mass is 224 g/mol. The van der Waals surface area contributed by atoms with Crippen LogP contribution in [0.2, 0.25) is 0 Å². The van der Waals surface area contributed by atoms with Crippen LogP contribution in [0.1, 0.15) is 15.9 Å². The molecule has 0 saturated carbocycles. The zero-order valence-corrected chi connectivity index (χ0v) is 9.35. The highest BCUT2D eigenvalue weighted by atomic mass is 16.5. The lowest BCUT2D eigenvalue weighted by molar-refractivity contribution is 0.112. The van der Waals surface area contributed by atoms with Crippen LogP contribution in [0.15, 0.2) is 42.5 Å². The van der Waals surface area contributed by atoms with Crippen molar-refractivity contribution in [3.05, 3.63) is 53.6 Å². The summed E-state index contributed by atoms with van der Waals surface area (Å²) >= 11 is 0. The highest BCUT2D eigenvalue weighted by Gasteiger charge is 2.12. The fourth-order valence-electron chi connectivity index (χ4n) is 2.16. The van der Waals surface area contributed by atoms with Gasteiger partial charge in [0.2, 0.25) is 0 Å². The lowest BCUT2D eigenvalue weighted by Crippen LogP contribution is -1.85. The number of carbonyl (C=O) groups excluding carboxylic acids is 1. The number of aldehydes is 1. The topological polar surface area (TPSA) is 26.3 Å². The molecule has 1 aliphatic rings. The van der Waals surface area contributed by atoms with Crippen molar-refractivity contribution in [2.24, 2.45) is 0 Å². The Labute approximate surface area is 99.9 Å². The molecule has 0 atom stereocenters. The Morgan fingerprint density at radius 2 is 1.94 bits per heavy atom. The molecular formula is C15H12O2. The van der Waals surface area contributed by atoms with Crippen LogP contribution in [0, 0.1) is 0 Å². The molecule has 2 aromatic carbocycles. The van der Waals surface area contributed by atoms with E-state index in [1.165, 1.54) is 5.56 Å². The van der Waals surface area contributed by atoms with E-state index in [9.17, 15) is 4.79 Å². The number of carbonyl (C=O) groups is 1. The van der Waals surface area contributed by atoms with Crippen LogP contribution in [0.4, 0.5) is 0 Å². The minimum absolute atomic E-state index is 0.708. The molecular weight excluding hydrogens is 212 g/mol. The van der Waals surface area contributed by atoms with Gasteiger partial charge in [-0.1, -0.05) is 24.3 Å². The van der Waals surface area contributed by atoms with Crippen LogP contribution in [-0.2, 0) is 6.42 Å². The molecule has 3 rings (SSSR count). The summed E-state index contributed by atoms with van der Waals surface area (Å²) in [5.74, 6) is 0.986. The second-order valence-corrected chi connectivity index (χ2v) is 4.16. The highest BCUT2D eigenvalue weighted by Crippen LogP contribution is 2.30. The third-order valence-corrected chi connectivity index (χ3v) is 3.05. The summed E-state index contributed by atoms with van der Waals surface area (Å²) in [6, 6.07) is 13.8. The third kappa shape index (κ3) is 1.82. The maximum Gasteiger partial charge on any atom is 0.150 e. The second-order valence-electron chi connectivity index (χ2n) is 4.16. The normalized spacial score (nSPS) is 12.9. The van der Waals surface area contributed by atoms with E-state index in [2.05, 4.69) is 6.07 Å². The summed E-state index contributed by atoms with van der Waals surface area (Å²) in [5.41, 5.74) is 4.17. The molecule has 0 unspecified atom stereocenters. The number of hydrogen-bond donors (Lipinski definition) is 0. The Hall–Kier alpha value is -2.09. The average Bonchev–Trinajstić information content (AvgIpc) is 2.86. The molecule has 2 nitrogen and oxygen atoms in total. The van der Waals surface area contributed by atoms with Crippen molar-refractivity contribution in [3.63, 3.8) is 0 Å². The largest absolute Gasteiger partial charge is 0.493 e. The minimum Gasteiger partial charge on any atom is -0.493 e.